The van der Waals surface area contributed by atoms with E-state index in [1.165, 1.54) is 0 Å². The Labute approximate surface area is 152 Å². The lowest BCUT2D eigenvalue weighted by atomic mass is 10.2. The van der Waals surface area contributed by atoms with Crippen LogP contribution in [0.5, 0.6) is 0 Å². The second kappa shape index (κ2) is 5.93. The highest BCUT2D eigenvalue weighted by molar-refractivity contribution is 8.01. The molecule has 3 heterocycles. The van der Waals surface area contributed by atoms with Gasteiger partial charge in [0, 0.05) is 17.9 Å². The summed E-state index contributed by atoms with van der Waals surface area (Å²) < 4.78 is 2.07. The molecule has 1 N–H and O–H groups in total. The summed E-state index contributed by atoms with van der Waals surface area (Å²) in [7, 11) is 0. The molecule has 0 bridgehead atoms. The predicted octanol–water partition coefficient (Wildman–Crippen LogP) is 3.41. The van der Waals surface area contributed by atoms with Gasteiger partial charge in [0.05, 0.1) is 15.1 Å². The smallest absolute Gasteiger partial charge is 0.248 e. The van der Waals surface area contributed by atoms with Gasteiger partial charge in [-0.25, -0.2) is 4.98 Å². The molecule has 1 aromatic carbocycles. The lowest BCUT2D eigenvalue weighted by Crippen LogP contribution is -2.48. The van der Waals surface area contributed by atoms with Gasteiger partial charge in [-0.1, -0.05) is 11.8 Å². The molecule has 24 heavy (non-hydrogen) atoms. The minimum Gasteiger partial charge on any atom is -0.324 e. The van der Waals surface area contributed by atoms with E-state index in [-0.39, 0.29) is 22.7 Å². The molecular weight excluding hydrogens is 362 g/mol. The number of hydrogen-bond donors (Lipinski definition) is 1. The fourth-order valence-electron chi connectivity index (χ4n) is 3.31. The monoisotopic (exact) mass is 379 g/mol. The fraction of sp³-hybridized carbons (Fsp3) is 0.438. The van der Waals surface area contributed by atoms with E-state index < -0.39 is 0 Å². The highest BCUT2D eigenvalue weighted by atomic mass is 32.2. The Hall–Kier alpha value is -1.25. The second-order valence-electron chi connectivity index (χ2n) is 6.12. The van der Waals surface area contributed by atoms with E-state index in [1.54, 1.807) is 39.8 Å². The SMILES string of the molecule is CSc1nc2ccc(NC(=O)[C@H]3CS[C@]4(C)CCC(=O)N34)cc2s1. The molecule has 0 unspecified atom stereocenters. The number of nitrogens with one attached hydrogen (secondary N) is 1. The Kier molecular flexibility index (Phi) is 4.01. The van der Waals surface area contributed by atoms with E-state index >= 15 is 0 Å². The summed E-state index contributed by atoms with van der Waals surface area (Å²) in [6.45, 7) is 2.06. The van der Waals surface area contributed by atoms with Gasteiger partial charge in [-0.05, 0) is 37.8 Å². The molecule has 5 nitrogen and oxygen atoms in total. The van der Waals surface area contributed by atoms with Gasteiger partial charge in [0.2, 0.25) is 11.8 Å². The van der Waals surface area contributed by atoms with Gasteiger partial charge >= 0.3 is 0 Å². The van der Waals surface area contributed by atoms with Crippen LogP contribution in [0.4, 0.5) is 5.69 Å². The molecule has 0 aliphatic carbocycles. The number of carbonyl (C=O) groups excluding carboxylic acids is 2. The fourth-order valence-corrected chi connectivity index (χ4v) is 6.27. The van der Waals surface area contributed by atoms with E-state index in [9.17, 15) is 9.59 Å². The molecule has 8 heteroatoms. The highest BCUT2D eigenvalue weighted by Crippen LogP contribution is 2.47. The molecule has 1 aromatic heterocycles. The molecule has 2 amide bonds. The standard InChI is InChI=1S/C16H17N3O2S3/c1-16-6-5-13(20)19(16)11(8-23-16)14(21)17-9-3-4-10-12(7-9)24-15(18-10)22-2/h3-4,7,11H,5-6,8H2,1-2H3,(H,17,21)/t11-,16-/m1/s1. The van der Waals surface area contributed by atoms with Crippen LogP contribution in [0.2, 0.25) is 0 Å². The number of fused-ring (bicyclic) bond motifs is 2. The van der Waals surface area contributed by atoms with Crippen molar-refractivity contribution < 1.29 is 9.59 Å². The van der Waals surface area contributed by atoms with E-state index in [4.69, 9.17) is 0 Å². The Morgan fingerprint density at radius 1 is 1.50 bits per heavy atom. The molecule has 0 spiro atoms. The van der Waals surface area contributed by atoms with Crippen molar-refractivity contribution in [3.8, 4) is 0 Å². The first kappa shape index (κ1) is 16.2. The van der Waals surface area contributed by atoms with Crippen molar-refractivity contribution in [2.75, 3.05) is 17.3 Å². The summed E-state index contributed by atoms with van der Waals surface area (Å²) in [6.07, 6.45) is 3.37. The molecule has 0 radical (unpaired) electrons. The van der Waals surface area contributed by atoms with E-state index in [0.29, 0.717) is 12.2 Å². The highest BCUT2D eigenvalue weighted by Gasteiger charge is 2.52. The zero-order valence-corrected chi connectivity index (χ0v) is 15.8. The molecule has 2 atom stereocenters. The number of hydrogen-bond acceptors (Lipinski definition) is 6. The number of benzene rings is 1. The Bertz CT molecular complexity index is 837. The van der Waals surface area contributed by atoms with Gasteiger partial charge in [0.25, 0.3) is 0 Å². The van der Waals surface area contributed by atoms with Gasteiger partial charge < -0.3 is 10.2 Å². The molecule has 0 saturated carbocycles. The lowest BCUT2D eigenvalue weighted by Gasteiger charge is -2.29. The van der Waals surface area contributed by atoms with Gasteiger partial charge in [-0.2, -0.15) is 0 Å². The first-order valence-electron chi connectivity index (χ1n) is 7.72. The number of aromatic nitrogens is 1. The van der Waals surface area contributed by atoms with Crippen LogP contribution in [0.15, 0.2) is 22.5 Å². The Morgan fingerprint density at radius 2 is 2.33 bits per heavy atom. The molecular formula is C16H17N3O2S3. The number of nitrogens with zero attached hydrogens (tertiary/aromatic N) is 2. The summed E-state index contributed by atoms with van der Waals surface area (Å²) in [5.74, 6) is 0.647. The molecule has 2 saturated heterocycles. The van der Waals surface area contributed by atoms with Crippen LogP contribution in [0.25, 0.3) is 10.2 Å². The van der Waals surface area contributed by atoms with Gasteiger partial charge in [0.1, 0.15) is 6.04 Å². The zero-order chi connectivity index (χ0) is 16.9. The predicted molar refractivity (Wildman–Crippen MR) is 101 cm³/mol. The minimum absolute atomic E-state index is 0.0881. The Morgan fingerprint density at radius 3 is 3.12 bits per heavy atom. The van der Waals surface area contributed by atoms with Crippen molar-refractivity contribution in [3.05, 3.63) is 18.2 Å². The van der Waals surface area contributed by atoms with Crippen LogP contribution in [0.3, 0.4) is 0 Å². The summed E-state index contributed by atoms with van der Waals surface area (Å²) >= 11 is 4.94. The third-order valence-electron chi connectivity index (χ3n) is 4.56. The average molecular weight is 380 g/mol. The van der Waals surface area contributed by atoms with Crippen molar-refractivity contribution >= 4 is 62.6 Å². The lowest BCUT2D eigenvalue weighted by molar-refractivity contribution is -0.135. The average Bonchev–Trinajstić information content (AvgIpc) is 3.20. The first-order valence-corrected chi connectivity index (χ1v) is 10.7. The topological polar surface area (TPSA) is 62.3 Å². The minimum atomic E-state index is -0.381. The third-order valence-corrected chi connectivity index (χ3v) is 8.07. The van der Waals surface area contributed by atoms with Crippen molar-refractivity contribution in [2.24, 2.45) is 0 Å². The molecule has 2 fully saturated rings. The summed E-state index contributed by atoms with van der Waals surface area (Å²) in [5.41, 5.74) is 1.70. The molecule has 2 aliphatic heterocycles. The summed E-state index contributed by atoms with van der Waals surface area (Å²) in [5, 5.41) is 2.98. The van der Waals surface area contributed by atoms with Crippen LogP contribution < -0.4 is 5.32 Å². The molecule has 2 aliphatic rings. The quantitative estimate of drug-likeness (QED) is 0.828. The van der Waals surface area contributed by atoms with Crippen LogP contribution in [0, 0.1) is 0 Å². The number of thioether (sulfide) groups is 2. The maximum Gasteiger partial charge on any atom is 0.248 e. The Balaban J connectivity index is 1.55. The summed E-state index contributed by atoms with van der Waals surface area (Å²) in [6, 6.07) is 5.37. The number of thiazole rings is 1. The normalized spacial score (nSPS) is 26.2. The van der Waals surface area contributed by atoms with E-state index in [0.717, 1.165) is 26.7 Å². The first-order chi connectivity index (χ1) is 11.5. The van der Waals surface area contributed by atoms with Crippen molar-refractivity contribution in [3.63, 3.8) is 0 Å². The van der Waals surface area contributed by atoms with Gasteiger partial charge in [0.15, 0.2) is 4.34 Å². The van der Waals surface area contributed by atoms with Gasteiger partial charge in [-0.15, -0.1) is 23.1 Å². The number of carbonyl (C=O) groups is 2. The summed E-state index contributed by atoms with van der Waals surface area (Å²) in [4.78, 5) is 30.9. The van der Waals surface area contributed by atoms with Crippen LogP contribution in [-0.4, -0.2) is 44.6 Å². The maximum atomic E-state index is 12.7. The van der Waals surface area contributed by atoms with Crippen molar-refractivity contribution in [1.82, 2.24) is 9.88 Å². The van der Waals surface area contributed by atoms with E-state index in [2.05, 4.69) is 17.2 Å². The van der Waals surface area contributed by atoms with Crippen molar-refractivity contribution in [1.29, 1.82) is 0 Å². The van der Waals surface area contributed by atoms with Crippen LogP contribution in [0.1, 0.15) is 19.8 Å². The van der Waals surface area contributed by atoms with Crippen LogP contribution >= 0.6 is 34.9 Å². The molecule has 2 aromatic rings. The molecule has 126 valence electrons. The molecule has 4 rings (SSSR count). The van der Waals surface area contributed by atoms with E-state index in [1.807, 2.05) is 24.5 Å². The van der Waals surface area contributed by atoms with Gasteiger partial charge in [-0.3, -0.25) is 9.59 Å². The number of rotatable bonds is 3. The number of amides is 2. The number of anilines is 1. The maximum absolute atomic E-state index is 12.7. The largest absolute Gasteiger partial charge is 0.324 e. The second-order valence-corrected chi connectivity index (χ2v) is 9.71. The van der Waals surface area contributed by atoms with Crippen LogP contribution in [-0.2, 0) is 9.59 Å². The third kappa shape index (κ3) is 2.60. The zero-order valence-electron chi connectivity index (χ0n) is 13.4. The van der Waals surface area contributed by atoms with Crippen molar-refractivity contribution in [2.45, 2.75) is 35.0 Å².